The Morgan fingerprint density at radius 1 is 1.47 bits per heavy atom. The molecule has 6 heteroatoms. The van der Waals surface area contributed by atoms with Crippen molar-refractivity contribution in [2.45, 2.75) is 12.5 Å². The van der Waals surface area contributed by atoms with E-state index in [0.29, 0.717) is 0 Å². The van der Waals surface area contributed by atoms with E-state index in [4.69, 9.17) is 9.84 Å². The maximum absolute atomic E-state index is 11.1. The lowest BCUT2D eigenvalue weighted by molar-refractivity contribution is -0.144. The summed E-state index contributed by atoms with van der Waals surface area (Å²) in [4.78, 5) is 33.7. The average molecular weight is 213 g/mol. The minimum Gasteiger partial charge on any atom is -0.481 e. The number of hydrogen-bond donors (Lipinski definition) is 1. The second-order valence-electron chi connectivity index (χ2n) is 3.08. The van der Waals surface area contributed by atoms with Crippen molar-refractivity contribution in [1.29, 1.82) is 0 Å². The number of carboxylic acid groups (broad SMARTS) is 1. The normalized spacial score (nSPS) is 17.3. The van der Waals surface area contributed by atoms with Gasteiger partial charge in [-0.3, -0.25) is 19.3 Å². The number of amides is 2. The molecule has 82 valence electrons. The van der Waals surface area contributed by atoms with Gasteiger partial charge in [0.25, 0.3) is 11.8 Å². The van der Waals surface area contributed by atoms with Gasteiger partial charge in [0.2, 0.25) is 0 Å². The van der Waals surface area contributed by atoms with Gasteiger partial charge in [0.15, 0.2) is 0 Å². The number of nitrogens with zero attached hydrogens (tertiary/aromatic N) is 1. The van der Waals surface area contributed by atoms with Gasteiger partial charge in [-0.05, 0) is 0 Å². The molecule has 0 aliphatic carbocycles. The number of rotatable bonds is 5. The molecule has 0 aromatic rings. The van der Waals surface area contributed by atoms with E-state index in [0.717, 1.165) is 17.1 Å². The fourth-order valence-electron chi connectivity index (χ4n) is 1.23. The standard InChI is InChI=1S/C9H11NO5/c1-15-6(4-9(13)14)5-10-7(11)2-3-8(10)12/h2-3,6H,4-5H2,1H3,(H,13,14). The minimum atomic E-state index is -1.03. The summed E-state index contributed by atoms with van der Waals surface area (Å²) in [6.45, 7) is -0.0343. The molecule has 0 saturated heterocycles. The molecule has 0 aromatic heterocycles. The minimum absolute atomic E-state index is 0.0343. The predicted molar refractivity (Wildman–Crippen MR) is 48.9 cm³/mol. The van der Waals surface area contributed by atoms with Gasteiger partial charge in [0, 0.05) is 19.3 Å². The number of carbonyl (C=O) groups excluding carboxylic acids is 2. The smallest absolute Gasteiger partial charge is 0.306 e. The molecule has 15 heavy (non-hydrogen) atoms. The lowest BCUT2D eigenvalue weighted by atomic mass is 10.2. The van der Waals surface area contributed by atoms with Gasteiger partial charge in [-0.1, -0.05) is 0 Å². The third kappa shape index (κ3) is 2.88. The molecule has 0 fully saturated rings. The van der Waals surface area contributed by atoms with Crippen LogP contribution in [0.3, 0.4) is 0 Å². The molecule has 0 spiro atoms. The molecular formula is C9H11NO5. The number of carboxylic acids is 1. The first-order chi connectivity index (χ1) is 7.04. The van der Waals surface area contributed by atoms with Crippen LogP contribution in [-0.2, 0) is 19.1 Å². The molecule has 0 radical (unpaired) electrons. The SMILES string of the molecule is COC(CC(=O)O)CN1C(=O)C=CC1=O. The third-order valence-electron chi connectivity index (χ3n) is 2.02. The average Bonchev–Trinajstić information content (AvgIpc) is 2.47. The first-order valence-corrected chi connectivity index (χ1v) is 4.32. The molecule has 1 unspecified atom stereocenters. The lowest BCUT2D eigenvalue weighted by Crippen LogP contribution is -2.38. The van der Waals surface area contributed by atoms with E-state index in [9.17, 15) is 14.4 Å². The molecule has 1 aliphatic heterocycles. The number of ether oxygens (including phenoxy) is 1. The largest absolute Gasteiger partial charge is 0.481 e. The van der Waals surface area contributed by atoms with Gasteiger partial charge >= 0.3 is 5.97 Å². The Kier molecular flexibility index (Phi) is 3.56. The van der Waals surface area contributed by atoms with Crippen molar-refractivity contribution in [1.82, 2.24) is 4.90 Å². The monoisotopic (exact) mass is 213 g/mol. The zero-order chi connectivity index (χ0) is 11.4. The van der Waals surface area contributed by atoms with Crippen molar-refractivity contribution in [3.8, 4) is 0 Å². The van der Waals surface area contributed by atoms with Crippen LogP contribution >= 0.6 is 0 Å². The van der Waals surface area contributed by atoms with E-state index in [1.54, 1.807) is 0 Å². The predicted octanol–water partition coefficient (Wildman–Crippen LogP) is -0.599. The molecular weight excluding hydrogens is 202 g/mol. The fraction of sp³-hybridized carbons (Fsp3) is 0.444. The number of imide groups is 1. The molecule has 2 amide bonds. The van der Waals surface area contributed by atoms with Crippen LogP contribution in [0.5, 0.6) is 0 Å². The van der Waals surface area contributed by atoms with Crippen LogP contribution in [0.2, 0.25) is 0 Å². The molecule has 0 aromatic carbocycles. The molecule has 1 N–H and O–H groups in total. The van der Waals surface area contributed by atoms with E-state index in [-0.39, 0.29) is 13.0 Å². The van der Waals surface area contributed by atoms with Crippen LogP contribution in [0.4, 0.5) is 0 Å². The summed E-state index contributed by atoms with van der Waals surface area (Å²) >= 11 is 0. The summed E-state index contributed by atoms with van der Waals surface area (Å²) in [6, 6.07) is 0. The number of methoxy groups -OCH3 is 1. The Morgan fingerprint density at radius 2 is 2.00 bits per heavy atom. The van der Waals surface area contributed by atoms with Crippen LogP contribution < -0.4 is 0 Å². The summed E-state index contributed by atoms with van der Waals surface area (Å²) in [5.41, 5.74) is 0. The number of hydrogen-bond acceptors (Lipinski definition) is 4. The highest BCUT2D eigenvalue weighted by Crippen LogP contribution is 2.08. The molecule has 1 rings (SSSR count). The van der Waals surface area contributed by atoms with Crippen molar-refractivity contribution in [3.05, 3.63) is 12.2 Å². The van der Waals surface area contributed by atoms with E-state index in [1.807, 2.05) is 0 Å². The van der Waals surface area contributed by atoms with Crippen molar-refractivity contribution in [2.75, 3.05) is 13.7 Å². The van der Waals surface area contributed by atoms with Gasteiger partial charge in [-0.2, -0.15) is 0 Å². The Balaban J connectivity index is 2.55. The highest BCUT2D eigenvalue weighted by atomic mass is 16.5. The summed E-state index contributed by atoms with van der Waals surface area (Å²) < 4.78 is 4.86. The van der Waals surface area contributed by atoms with Crippen LogP contribution in [0.1, 0.15) is 6.42 Å². The molecule has 0 saturated carbocycles. The summed E-state index contributed by atoms with van der Waals surface area (Å²) in [5.74, 6) is -1.91. The van der Waals surface area contributed by atoms with Crippen LogP contribution in [0.15, 0.2) is 12.2 Å². The zero-order valence-electron chi connectivity index (χ0n) is 8.17. The van der Waals surface area contributed by atoms with Crippen molar-refractivity contribution in [2.24, 2.45) is 0 Å². The van der Waals surface area contributed by atoms with Gasteiger partial charge < -0.3 is 9.84 Å². The zero-order valence-corrected chi connectivity index (χ0v) is 8.17. The second kappa shape index (κ2) is 4.70. The van der Waals surface area contributed by atoms with Crippen molar-refractivity contribution in [3.63, 3.8) is 0 Å². The number of aliphatic carboxylic acids is 1. The van der Waals surface area contributed by atoms with Crippen molar-refractivity contribution >= 4 is 17.8 Å². The quantitative estimate of drug-likeness (QED) is 0.616. The Labute approximate surface area is 86.1 Å². The highest BCUT2D eigenvalue weighted by Gasteiger charge is 2.27. The summed E-state index contributed by atoms with van der Waals surface area (Å²) in [5, 5.41) is 8.54. The lowest BCUT2D eigenvalue weighted by Gasteiger charge is -2.19. The second-order valence-corrected chi connectivity index (χ2v) is 3.08. The van der Waals surface area contributed by atoms with Crippen LogP contribution in [-0.4, -0.2) is 47.5 Å². The van der Waals surface area contributed by atoms with Gasteiger partial charge in [-0.15, -0.1) is 0 Å². The van der Waals surface area contributed by atoms with Crippen LogP contribution in [0, 0.1) is 0 Å². The Morgan fingerprint density at radius 3 is 2.40 bits per heavy atom. The van der Waals surface area contributed by atoms with Gasteiger partial charge in [0.05, 0.1) is 19.1 Å². The Bertz CT molecular complexity index is 304. The van der Waals surface area contributed by atoms with Gasteiger partial charge in [-0.25, -0.2) is 0 Å². The molecule has 6 nitrogen and oxygen atoms in total. The van der Waals surface area contributed by atoms with Gasteiger partial charge in [0.1, 0.15) is 0 Å². The fourth-order valence-corrected chi connectivity index (χ4v) is 1.23. The van der Waals surface area contributed by atoms with Crippen LogP contribution in [0.25, 0.3) is 0 Å². The number of carbonyl (C=O) groups is 3. The molecule has 1 atom stereocenters. The third-order valence-corrected chi connectivity index (χ3v) is 2.02. The molecule has 0 bridgehead atoms. The molecule has 1 heterocycles. The first kappa shape index (κ1) is 11.4. The summed E-state index contributed by atoms with van der Waals surface area (Å²) in [7, 11) is 1.34. The highest BCUT2D eigenvalue weighted by molar-refractivity contribution is 6.12. The Hall–Kier alpha value is -1.69. The molecule has 1 aliphatic rings. The first-order valence-electron chi connectivity index (χ1n) is 4.32. The topological polar surface area (TPSA) is 83.9 Å². The van der Waals surface area contributed by atoms with Crippen molar-refractivity contribution < 1.29 is 24.2 Å². The van der Waals surface area contributed by atoms with E-state index >= 15 is 0 Å². The maximum atomic E-state index is 11.1. The van der Waals surface area contributed by atoms with E-state index in [2.05, 4.69) is 0 Å². The van der Waals surface area contributed by atoms with E-state index in [1.165, 1.54) is 7.11 Å². The van der Waals surface area contributed by atoms with E-state index < -0.39 is 23.9 Å². The summed E-state index contributed by atoms with van der Waals surface area (Å²) in [6.07, 6.45) is 1.38. The maximum Gasteiger partial charge on any atom is 0.306 e.